The molecule has 0 saturated carbocycles. The molecule has 1 aromatic carbocycles. The van der Waals surface area contributed by atoms with E-state index in [1.165, 1.54) is 5.56 Å². The molecule has 2 rings (SSSR count). The van der Waals surface area contributed by atoms with Crippen LogP contribution in [0.4, 0.5) is 0 Å². The molecule has 1 heterocycles. The summed E-state index contributed by atoms with van der Waals surface area (Å²) in [5, 5.41) is 0. The van der Waals surface area contributed by atoms with Crippen molar-refractivity contribution in [1.82, 2.24) is 4.98 Å². The highest BCUT2D eigenvalue weighted by Gasteiger charge is 2.11. The average Bonchev–Trinajstić information content (AvgIpc) is 2.94. The maximum atomic E-state index is 5.82. The van der Waals surface area contributed by atoms with Gasteiger partial charge in [-0.25, -0.2) is 0 Å². The van der Waals surface area contributed by atoms with Gasteiger partial charge in [0.25, 0.3) is 0 Å². The number of rotatable bonds is 6. The predicted octanol–water partition coefficient (Wildman–Crippen LogP) is 3.26. The lowest BCUT2D eigenvalue weighted by Gasteiger charge is -2.15. The number of hydrogen-bond donors (Lipinski definition) is 2. The summed E-state index contributed by atoms with van der Waals surface area (Å²) in [5.74, 6) is 1.65. The van der Waals surface area contributed by atoms with Crippen LogP contribution in [-0.4, -0.2) is 18.1 Å². The Bertz CT molecular complexity index is 474. The van der Waals surface area contributed by atoms with Crippen LogP contribution in [0.15, 0.2) is 42.6 Å². The Morgan fingerprint density at radius 3 is 2.42 bits per heavy atom. The molecule has 0 saturated heterocycles. The molecule has 102 valence electrons. The van der Waals surface area contributed by atoms with Gasteiger partial charge in [0, 0.05) is 24.4 Å². The van der Waals surface area contributed by atoms with Crippen molar-refractivity contribution in [1.29, 1.82) is 0 Å². The topological polar surface area (TPSA) is 51.0 Å². The van der Waals surface area contributed by atoms with Crippen molar-refractivity contribution < 1.29 is 4.74 Å². The molecule has 0 spiro atoms. The molecule has 0 aliphatic heterocycles. The third kappa shape index (κ3) is 3.61. The zero-order chi connectivity index (χ0) is 13.7. The molecular formula is C16H22N2O. The van der Waals surface area contributed by atoms with E-state index in [1.54, 1.807) is 0 Å². The van der Waals surface area contributed by atoms with E-state index in [1.807, 2.05) is 30.5 Å². The van der Waals surface area contributed by atoms with Crippen molar-refractivity contribution in [3.05, 3.63) is 53.9 Å². The van der Waals surface area contributed by atoms with Gasteiger partial charge in [0.2, 0.25) is 0 Å². The first kappa shape index (κ1) is 13.7. The van der Waals surface area contributed by atoms with E-state index in [0.717, 1.165) is 11.4 Å². The zero-order valence-corrected chi connectivity index (χ0v) is 11.6. The Balaban J connectivity index is 1.94. The van der Waals surface area contributed by atoms with Crippen LogP contribution < -0.4 is 10.5 Å². The Morgan fingerprint density at radius 1 is 1.16 bits per heavy atom. The number of aromatic nitrogens is 1. The Kier molecular flexibility index (Phi) is 4.63. The van der Waals surface area contributed by atoms with Gasteiger partial charge in [0.1, 0.15) is 5.75 Å². The summed E-state index contributed by atoms with van der Waals surface area (Å²) in [6.45, 7) is 5.54. The number of benzene rings is 1. The van der Waals surface area contributed by atoms with Crippen LogP contribution >= 0.6 is 0 Å². The zero-order valence-electron chi connectivity index (χ0n) is 11.6. The molecule has 1 atom stereocenters. The molecule has 1 unspecified atom stereocenters. The molecule has 0 fully saturated rings. The quantitative estimate of drug-likeness (QED) is 0.835. The summed E-state index contributed by atoms with van der Waals surface area (Å²) in [5.41, 5.74) is 8.24. The lowest BCUT2D eigenvalue weighted by molar-refractivity contribution is 0.288. The molecule has 3 heteroatoms. The molecule has 19 heavy (non-hydrogen) atoms. The minimum Gasteiger partial charge on any atom is -0.493 e. The molecule has 2 aromatic rings. The van der Waals surface area contributed by atoms with Gasteiger partial charge in [0.15, 0.2) is 0 Å². The van der Waals surface area contributed by atoms with Gasteiger partial charge in [-0.2, -0.15) is 0 Å². The van der Waals surface area contributed by atoms with Crippen LogP contribution in [-0.2, 0) is 0 Å². The molecule has 0 radical (unpaired) electrons. The summed E-state index contributed by atoms with van der Waals surface area (Å²) in [7, 11) is 0. The average molecular weight is 258 g/mol. The van der Waals surface area contributed by atoms with Gasteiger partial charge in [0.05, 0.1) is 6.61 Å². The van der Waals surface area contributed by atoms with Crippen LogP contribution in [0, 0.1) is 0 Å². The van der Waals surface area contributed by atoms with Crippen molar-refractivity contribution in [2.75, 3.05) is 13.2 Å². The fraction of sp³-hybridized carbons (Fsp3) is 0.375. The molecule has 0 aliphatic rings. The standard InChI is InChI=1S/C16H22N2O/c1-12(2)13-5-7-15(8-6-13)19-11-14(10-17)16-4-3-9-18-16/h3-9,12,14,18H,10-11,17H2,1-2H3. The Labute approximate surface area is 114 Å². The summed E-state index contributed by atoms with van der Waals surface area (Å²) in [6.07, 6.45) is 1.91. The van der Waals surface area contributed by atoms with Crippen molar-refractivity contribution in [2.24, 2.45) is 5.73 Å². The van der Waals surface area contributed by atoms with Crippen LogP contribution in [0.5, 0.6) is 5.75 Å². The second-order valence-corrected chi connectivity index (χ2v) is 5.09. The summed E-state index contributed by atoms with van der Waals surface area (Å²) >= 11 is 0. The highest BCUT2D eigenvalue weighted by molar-refractivity contribution is 5.29. The number of nitrogens with one attached hydrogen (secondary N) is 1. The lowest BCUT2D eigenvalue weighted by atomic mass is 10.0. The maximum absolute atomic E-state index is 5.82. The van der Waals surface area contributed by atoms with Gasteiger partial charge in [-0.3, -0.25) is 0 Å². The van der Waals surface area contributed by atoms with Crippen LogP contribution in [0.2, 0.25) is 0 Å². The van der Waals surface area contributed by atoms with E-state index in [9.17, 15) is 0 Å². The lowest BCUT2D eigenvalue weighted by Crippen LogP contribution is -2.19. The second kappa shape index (κ2) is 6.43. The molecule has 0 amide bonds. The molecule has 3 N–H and O–H groups in total. The summed E-state index contributed by atoms with van der Waals surface area (Å²) < 4.78 is 5.82. The summed E-state index contributed by atoms with van der Waals surface area (Å²) in [6, 6.07) is 12.3. The third-order valence-corrected chi connectivity index (χ3v) is 3.34. The fourth-order valence-electron chi connectivity index (χ4n) is 2.03. The number of hydrogen-bond acceptors (Lipinski definition) is 2. The number of H-pyrrole nitrogens is 1. The first-order valence-corrected chi connectivity index (χ1v) is 6.76. The molecule has 1 aromatic heterocycles. The van der Waals surface area contributed by atoms with E-state index in [-0.39, 0.29) is 5.92 Å². The summed E-state index contributed by atoms with van der Waals surface area (Å²) in [4.78, 5) is 3.19. The predicted molar refractivity (Wildman–Crippen MR) is 78.6 cm³/mol. The van der Waals surface area contributed by atoms with Crippen LogP contribution in [0.1, 0.15) is 36.9 Å². The van der Waals surface area contributed by atoms with Crippen molar-refractivity contribution >= 4 is 0 Å². The van der Waals surface area contributed by atoms with E-state index in [0.29, 0.717) is 19.1 Å². The van der Waals surface area contributed by atoms with Crippen LogP contribution in [0.3, 0.4) is 0 Å². The highest BCUT2D eigenvalue weighted by atomic mass is 16.5. The highest BCUT2D eigenvalue weighted by Crippen LogP contribution is 2.20. The van der Waals surface area contributed by atoms with Crippen molar-refractivity contribution in [2.45, 2.75) is 25.7 Å². The third-order valence-electron chi connectivity index (χ3n) is 3.34. The minimum absolute atomic E-state index is 0.208. The van der Waals surface area contributed by atoms with E-state index >= 15 is 0 Å². The molecule has 0 aliphatic carbocycles. The molecular weight excluding hydrogens is 236 g/mol. The first-order chi connectivity index (χ1) is 9.20. The SMILES string of the molecule is CC(C)c1ccc(OCC(CN)c2ccc[nH]2)cc1. The van der Waals surface area contributed by atoms with E-state index in [2.05, 4.69) is 31.0 Å². The van der Waals surface area contributed by atoms with Crippen molar-refractivity contribution in [3.8, 4) is 5.75 Å². The molecule has 3 nitrogen and oxygen atoms in total. The smallest absolute Gasteiger partial charge is 0.119 e. The van der Waals surface area contributed by atoms with Crippen LogP contribution in [0.25, 0.3) is 0 Å². The van der Waals surface area contributed by atoms with Crippen molar-refractivity contribution in [3.63, 3.8) is 0 Å². The van der Waals surface area contributed by atoms with Gasteiger partial charge < -0.3 is 15.5 Å². The normalized spacial score (nSPS) is 12.6. The van der Waals surface area contributed by atoms with Gasteiger partial charge in [-0.1, -0.05) is 26.0 Å². The van der Waals surface area contributed by atoms with E-state index in [4.69, 9.17) is 10.5 Å². The largest absolute Gasteiger partial charge is 0.493 e. The Morgan fingerprint density at radius 2 is 1.89 bits per heavy atom. The number of aromatic amines is 1. The number of nitrogens with two attached hydrogens (primary N) is 1. The first-order valence-electron chi connectivity index (χ1n) is 6.76. The van der Waals surface area contributed by atoms with Gasteiger partial charge in [-0.05, 0) is 35.7 Å². The second-order valence-electron chi connectivity index (χ2n) is 5.09. The van der Waals surface area contributed by atoms with Gasteiger partial charge in [-0.15, -0.1) is 0 Å². The Hall–Kier alpha value is -1.74. The molecule has 0 bridgehead atoms. The van der Waals surface area contributed by atoms with Gasteiger partial charge >= 0.3 is 0 Å². The maximum Gasteiger partial charge on any atom is 0.119 e. The van der Waals surface area contributed by atoms with E-state index < -0.39 is 0 Å². The fourth-order valence-corrected chi connectivity index (χ4v) is 2.03. The number of ether oxygens (including phenoxy) is 1. The monoisotopic (exact) mass is 258 g/mol. The minimum atomic E-state index is 0.208.